The minimum atomic E-state index is -0.464. The summed E-state index contributed by atoms with van der Waals surface area (Å²) >= 11 is 1.30. The van der Waals surface area contributed by atoms with E-state index in [1.165, 1.54) is 54.9 Å². The van der Waals surface area contributed by atoms with Crippen molar-refractivity contribution in [2.24, 2.45) is 5.92 Å². The second-order valence-electron chi connectivity index (χ2n) is 8.30. The Kier molecular flexibility index (Phi) is 8.44. The molecule has 1 fully saturated rings. The maximum atomic E-state index is 12.7. The predicted molar refractivity (Wildman–Crippen MR) is 131 cm³/mol. The van der Waals surface area contributed by atoms with Crippen LogP contribution in [0.3, 0.4) is 0 Å². The fraction of sp³-hybridized carbons (Fsp3) is 0.333. The van der Waals surface area contributed by atoms with Crippen molar-refractivity contribution in [2.75, 3.05) is 12.3 Å². The fourth-order valence-corrected chi connectivity index (χ4v) is 4.80. The Morgan fingerprint density at radius 2 is 1.69 bits per heavy atom. The summed E-state index contributed by atoms with van der Waals surface area (Å²) in [5.41, 5.74) is 6.31. The third-order valence-electron chi connectivity index (χ3n) is 5.84. The summed E-state index contributed by atoms with van der Waals surface area (Å²) in [6.45, 7) is 0.713. The van der Waals surface area contributed by atoms with Gasteiger partial charge in [0, 0.05) is 17.0 Å². The van der Waals surface area contributed by atoms with Crippen LogP contribution in [0, 0.1) is 5.92 Å². The molecule has 2 aromatic carbocycles. The van der Waals surface area contributed by atoms with E-state index in [-0.39, 0.29) is 11.7 Å². The molecule has 0 unspecified atom stereocenters. The highest BCUT2D eigenvalue weighted by molar-refractivity contribution is 8.00. The highest BCUT2D eigenvalue weighted by Gasteiger charge is 2.16. The second kappa shape index (κ2) is 12.1. The molecule has 0 atom stereocenters. The van der Waals surface area contributed by atoms with E-state index in [4.69, 9.17) is 0 Å². The average Bonchev–Trinajstić information content (AvgIpc) is 3.45. The lowest BCUT2D eigenvalue weighted by Crippen LogP contribution is -2.41. The Labute approximate surface area is 207 Å². The summed E-state index contributed by atoms with van der Waals surface area (Å²) in [7, 11) is 0. The number of carbonyl (C=O) groups excluding carboxylic acids is 3. The number of nitrogens with one attached hydrogen (secondary N) is 3. The van der Waals surface area contributed by atoms with E-state index in [2.05, 4.69) is 31.7 Å². The van der Waals surface area contributed by atoms with Crippen LogP contribution in [-0.4, -0.2) is 50.2 Å². The van der Waals surface area contributed by atoms with Gasteiger partial charge >= 0.3 is 0 Å². The molecule has 3 amide bonds. The van der Waals surface area contributed by atoms with Gasteiger partial charge in [0.25, 0.3) is 11.8 Å². The van der Waals surface area contributed by atoms with E-state index in [9.17, 15) is 14.4 Å². The zero-order valence-electron chi connectivity index (χ0n) is 19.1. The van der Waals surface area contributed by atoms with Gasteiger partial charge in [-0.2, -0.15) is 0 Å². The van der Waals surface area contributed by atoms with E-state index in [1.807, 2.05) is 6.07 Å². The van der Waals surface area contributed by atoms with E-state index in [0.29, 0.717) is 34.2 Å². The molecule has 1 saturated carbocycles. The Morgan fingerprint density at radius 3 is 2.43 bits per heavy atom. The molecule has 1 aromatic heterocycles. The molecule has 3 aromatic rings. The Hall–Kier alpha value is -3.73. The summed E-state index contributed by atoms with van der Waals surface area (Å²) in [6, 6.07) is 13.6. The quantitative estimate of drug-likeness (QED) is 0.325. The third-order valence-corrected chi connectivity index (χ3v) is 6.91. The first-order valence-corrected chi connectivity index (χ1v) is 12.5. The van der Waals surface area contributed by atoms with Crippen molar-refractivity contribution < 1.29 is 14.4 Å². The number of amides is 3. The van der Waals surface area contributed by atoms with Gasteiger partial charge < -0.3 is 5.32 Å². The summed E-state index contributed by atoms with van der Waals surface area (Å²) in [5.74, 6) is -0.190. The molecule has 1 aliphatic rings. The number of hydrazine groups is 1. The zero-order valence-corrected chi connectivity index (χ0v) is 20.0. The molecular formula is C24H27N7O3S. The summed E-state index contributed by atoms with van der Waals surface area (Å²) in [6.07, 6.45) is 7.55. The van der Waals surface area contributed by atoms with Gasteiger partial charge in [0.15, 0.2) is 0 Å². The monoisotopic (exact) mass is 493 g/mol. The number of nitrogens with zero attached hydrogens (tertiary/aromatic N) is 4. The smallest absolute Gasteiger partial charge is 0.270 e. The third kappa shape index (κ3) is 6.89. The molecule has 1 aliphatic carbocycles. The minimum Gasteiger partial charge on any atom is -0.355 e. The maximum Gasteiger partial charge on any atom is 0.270 e. The van der Waals surface area contributed by atoms with Crippen LogP contribution in [0.25, 0.3) is 5.69 Å². The standard InChI is InChI=1S/C24H27N7O3S/c32-22(25-14-17-6-2-1-3-7-17)15-35-21-9-5-4-8-20(21)24(34)28-27-23(33)18-10-12-19(13-11-18)31-16-26-29-30-31/h4-5,8-13,16-17H,1-3,6-7,14-15H2,(H,25,32)(H,27,33)(H,28,34). The van der Waals surface area contributed by atoms with Gasteiger partial charge in [-0.25, -0.2) is 4.68 Å². The lowest BCUT2D eigenvalue weighted by molar-refractivity contribution is -0.118. The fourth-order valence-electron chi connectivity index (χ4n) is 3.92. The van der Waals surface area contributed by atoms with Crippen LogP contribution in [0.15, 0.2) is 59.8 Å². The number of benzene rings is 2. The SMILES string of the molecule is O=C(CSc1ccccc1C(=O)NNC(=O)c1ccc(-n2cnnn2)cc1)NCC1CCCCC1. The van der Waals surface area contributed by atoms with Gasteiger partial charge in [-0.1, -0.05) is 31.4 Å². The lowest BCUT2D eigenvalue weighted by atomic mass is 9.89. The Morgan fingerprint density at radius 1 is 0.943 bits per heavy atom. The van der Waals surface area contributed by atoms with Gasteiger partial charge in [-0.15, -0.1) is 16.9 Å². The molecule has 0 spiro atoms. The van der Waals surface area contributed by atoms with E-state index in [0.717, 1.165) is 0 Å². The summed E-state index contributed by atoms with van der Waals surface area (Å²) in [4.78, 5) is 38.1. The van der Waals surface area contributed by atoms with Crippen LogP contribution in [-0.2, 0) is 4.79 Å². The Balaban J connectivity index is 1.27. The van der Waals surface area contributed by atoms with Crippen LogP contribution >= 0.6 is 11.8 Å². The molecule has 4 rings (SSSR count). The van der Waals surface area contributed by atoms with Crippen molar-refractivity contribution in [1.82, 2.24) is 36.4 Å². The number of rotatable bonds is 8. The van der Waals surface area contributed by atoms with Crippen LogP contribution in [0.5, 0.6) is 0 Å². The molecule has 0 bridgehead atoms. The van der Waals surface area contributed by atoms with E-state index >= 15 is 0 Å². The van der Waals surface area contributed by atoms with Crippen molar-refractivity contribution >= 4 is 29.5 Å². The minimum absolute atomic E-state index is 0.0470. The number of tetrazole rings is 1. The number of aromatic nitrogens is 4. The zero-order chi connectivity index (χ0) is 24.5. The predicted octanol–water partition coefficient (Wildman–Crippen LogP) is 2.53. The number of thioether (sulfide) groups is 1. The number of hydrogen-bond acceptors (Lipinski definition) is 7. The first-order valence-electron chi connectivity index (χ1n) is 11.5. The van der Waals surface area contributed by atoms with Crippen molar-refractivity contribution in [2.45, 2.75) is 37.0 Å². The van der Waals surface area contributed by atoms with Crippen molar-refractivity contribution in [3.05, 3.63) is 66.0 Å². The van der Waals surface area contributed by atoms with Crippen molar-refractivity contribution in [3.8, 4) is 5.69 Å². The van der Waals surface area contributed by atoms with Crippen molar-refractivity contribution in [1.29, 1.82) is 0 Å². The topological polar surface area (TPSA) is 131 Å². The van der Waals surface area contributed by atoms with Gasteiger partial charge in [-0.3, -0.25) is 25.2 Å². The maximum absolute atomic E-state index is 12.7. The lowest BCUT2D eigenvalue weighted by Gasteiger charge is -2.21. The second-order valence-corrected chi connectivity index (χ2v) is 9.32. The summed E-state index contributed by atoms with van der Waals surface area (Å²) in [5, 5.41) is 14.0. The number of hydrogen-bond donors (Lipinski definition) is 3. The van der Waals surface area contributed by atoms with Gasteiger partial charge in [-0.05, 0) is 65.6 Å². The van der Waals surface area contributed by atoms with Crippen LogP contribution in [0.4, 0.5) is 0 Å². The molecule has 1 heterocycles. The van der Waals surface area contributed by atoms with E-state index in [1.54, 1.807) is 42.5 Å². The average molecular weight is 494 g/mol. The molecule has 182 valence electrons. The molecule has 0 saturated heterocycles. The molecule has 0 aliphatic heterocycles. The molecule has 35 heavy (non-hydrogen) atoms. The normalized spacial score (nSPS) is 13.7. The molecule has 0 radical (unpaired) electrons. The first kappa shape index (κ1) is 24.4. The van der Waals surface area contributed by atoms with Crippen molar-refractivity contribution in [3.63, 3.8) is 0 Å². The largest absolute Gasteiger partial charge is 0.355 e. The highest BCUT2D eigenvalue weighted by atomic mass is 32.2. The highest BCUT2D eigenvalue weighted by Crippen LogP contribution is 2.24. The number of carbonyl (C=O) groups is 3. The van der Waals surface area contributed by atoms with Crippen LogP contribution < -0.4 is 16.2 Å². The van der Waals surface area contributed by atoms with Crippen LogP contribution in [0.1, 0.15) is 52.8 Å². The van der Waals surface area contributed by atoms with Gasteiger partial charge in [0.2, 0.25) is 5.91 Å². The first-order chi connectivity index (χ1) is 17.1. The molecular weight excluding hydrogens is 466 g/mol. The van der Waals surface area contributed by atoms with Gasteiger partial charge in [0.05, 0.1) is 17.0 Å². The summed E-state index contributed by atoms with van der Waals surface area (Å²) < 4.78 is 1.47. The van der Waals surface area contributed by atoms with E-state index < -0.39 is 11.8 Å². The molecule has 10 nitrogen and oxygen atoms in total. The van der Waals surface area contributed by atoms with Gasteiger partial charge in [0.1, 0.15) is 6.33 Å². The molecule has 11 heteroatoms. The molecule has 3 N–H and O–H groups in total. The Bertz CT molecular complexity index is 1150. The van der Waals surface area contributed by atoms with Crippen LogP contribution in [0.2, 0.25) is 0 Å².